The minimum atomic E-state index is -3.75. The zero-order chi connectivity index (χ0) is 17.8. The highest BCUT2D eigenvalue weighted by molar-refractivity contribution is 7.89. The summed E-state index contributed by atoms with van der Waals surface area (Å²) in [6, 6.07) is 8.83. The molecule has 1 heterocycles. The van der Waals surface area contributed by atoms with E-state index in [-0.39, 0.29) is 12.4 Å². The highest BCUT2D eigenvalue weighted by Crippen LogP contribution is 2.20. The molecule has 0 spiro atoms. The van der Waals surface area contributed by atoms with Gasteiger partial charge in [-0.05, 0) is 26.3 Å². The number of ether oxygens (including phenoxy) is 2. The number of rotatable bonds is 4. The average molecular weight is 353 g/mol. The van der Waals surface area contributed by atoms with E-state index in [0.717, 1.165) is 9.87 Å². The Morgan fingerprint density at radius 1 is 1.25 bits per heavy atom. The van der Waals surface area contributed by atoms with E-state index < -0.39 is 27.8 Å². The molecule has 132 valence electrons. The van der Waals surface area contributed by atoms with Crippen LogP contribution in [-0.4, -0.2) is 42.8 Å². The van der Waals surface area contributed by atoms with Crippen molar-refractivity contribution < 1.29 is 22.7 Å². The lowest BCUT2D eigenvalue weighted by molar-refractivity contribution is 0.0259. The summed E-state index contributed by atoms with van der Waals surface area (Å²) in [5.41, 5.74) is 0.201. The Kier molecular flexibility index (Phi) is 5.66. The predicted octanol–water partition coefficient (Wildman–Crippen LogP) is 2.71. The molecule has 6 nitrogen and oxygen atoms in total. The van der Waals surface area contributed by atoms with Crippen molar-refractivity contribution in [3.63, 3.8) is 0 Å². The number of carbonyl (C=O) groups excluding carboxylic acids is 1. The van der Waals surface area contributed by atoms with Crippen LogP contribution in [0.15, 0.2) is 42.5 Å². The molecule has 1 aliphatic rings. The van der Waals surface area contributed by atoms with Crippen LogP contribution in [0.4, 0.5) is 4.79 Å². The molecule has 0 fully saturated rings. The van der Waals surface area contributed by atoms with Crippen LogP contribution >= 0.6 is 0 Å². The fraction of sp³-hybridized carbons (Fsp3) is 0.471. The lowest BCUT2D eigenvalue weighted by atomic mass is 10.2. The van der Waals surface area contributed by atoms with Gasteiger partial charge in [-0.3, -0.25) is 0 Å². The Hall–Kier alpha value is -1.86. The van der Waals surface area contributed by atoms with Crippen LogP contribution in [0.1, 0.15) is 26.3 Å². The largest absolute Gasteiger partial charge is 0.443 e. The second-order valence-electron chi connectivity index (χ2n) is 6.55. The zero-order valence-electron chi connectivity index (χ0n) is 14.1. The van der Waals surface area contributed by atoms with Crippen molar-refractivity contribution in [3.05, 3.63) is 48.0 Å². The second kappa shape index (κ2) is 7.36. The minimum absolute atomic E-state index is 0.0733. The standard InChI is InChI=1S/C17H23NO5S/c1-17(2,3)23-16(19)18-15(10-7-11-24(18,20)21)13-22-12-14-8-5-4-6-9-14/h4-10,15H,11-13H2,1-3H3/t15-/m0/s1. The summed E-state index contributed by atoms with van der Waals surface area (Å²) in [6.07, 6.45) is 2.32. The van der Waals surface area contributed by atoms with E-state index in [0.29, 0.717) is 6.61 Å². The smallest absolute Gasteiger partial charge is 0.424 e. The van der Waals surface area contributed by atoms with Gasteiger partial charge in [-0.25, -0.2) is 13.2 Å². The monoisotopic (exact) mass is 353 g/mol. The van der Waals surface area contributed by atoms with E-state index in [4.69, 9.17) is 9.47 Å². The van der Waals surface area contributed by atoms with E-state index in [2.05, 4.69) is 0 Å². The second-order valence-corrected chi connectivity index (χ2v) is 8.44. The highest BCUT2D eigenvalue weighted by Gasteiger charge is 2.38. The number of sulfonamides is 1. The molecule has 1 amide bonds. The molecular weight excluding hydrogens is 330 g/mol. The molecular formula is C17H23NO5S. The molecule has 0 N–H and O–H groups in total. The molecule has 7 heteroatoms. The zero-order valence-corrected chi connectivity index (χ0v) is 15.0. The Bertz CT molecular complexity index is 691. The van der Waals surface area contributed by atoms with Crippen LogP contribution in [0.5, 0.6) is 0 Å². The molecule has 0 bridgehead atoms. The number of carbonyl (C=O) groups is 1. The van der Waals surface area contributed by atoms with Crippen molar-refractivity contribution in [1.29, 1.82) is 0 Å². The van der Waals surface area contributed by atoms with Gasteiger partial charge in [-0.1, -0.05) is 42.5 Å². The van der Waals surface area contributed by atoms with E-state index in [1.165, 1.54) is 6.08 Å². The maximum absolute atomic E-state index is 12.3. The van der Waals surface area contributed by atoms with Gasteiger partial charge in [-0.2, -0.15) is 4.31 Å². The van der Waals surface area contributed by atoms with Gasteiger partial charge in [0.2, 0.25) is 10.0 Å². The Morgan fingerprint density at radius 2 is 1.92 bits per heavy atom. The fourth-order valence-electron chi connectivity index (χ4n) is 2.25. The molecule has 1 aliphatic heterocycles. The Morgan fingerprint density at radius 3 is 2.54 bits per heavy atom. The molecule has 1 atom stereocenters. The Labute approximate surface area is 143 Å². The third-order valence-corrected chi connectivity index (χ3v) is 4.87. The van der Waals surface area contributed by atoms with Crippen LogP contribution in [0.3, 0.4) is 0 Å². The summed E-state index contributed by atoms with van der Waals surface area (Å²) in [5.74, 6) is -0.221. The molecule has 0 saturated carbocycles. The lowest BCUT2D eigenvalue weighted by Crippen LogP contribution is -2.50. The van der Waals surface area contributed by atoms with E-state index >= 15 is 0 Å². The topological polar surface area (TPSA) is 72.9 Å². The minimum Gasteiger partial charge on any atom is -0.443 e. The first-order valence-electron chi connectivity index (χ1n) is 7.72. The molecule has 0 aromatic heterocycles. The van der Waals surface area contributed by atoms with Crippen molar-refractivity contribution in [2.75, 3.05) is 12.4 Å². The van der Waals surface area contributed by atoms with E-state index in [9.17, 15) is 13.2 Å². The summed E-state index contributed by atoms with van der Waals surface area (Å²) >= 11 is 0. The van der Waals surface area contributed by atoms with Gasteiger partial charge in [0, 0.05) is 0 Å². The first-order chi connectivity index (χ1) is 11.2. The molecule has 1 aromatic carbocycles. The Balaban J connectivity index is 2.06. The van der Waals surface area contributed by atoms with E-state index in [1.54, 1.807) is 26.8 Å². The molecule has 0 saturated heterocycles. The summed E-state index contributed by atoms with van der Waals surface area (Å²) in [4.78, 5) is 12.3. The summed E-state index contributed by atoms with van der Waals surface area (Å²) in [6.45, 7) is 5.49. The van der Waals surface area contributed by atoms with E-state index in [1.807, 2.05) is 30.3 Å². The predicted molar refractivity (Wildman–Crippen MR) is 90.9 cm³/mol. The van der Waals surface area contributed by atoms with Crippen LogP contribution in [0.25, 0.3) is 0 Å². The molecule has 0 unspecified atom stereocenters. The van der Waals surface area contributed by atoms with Gasteiger partial charge in [0.25, 0.3) is 0 Å². The first-order valence-corrected chi connectivity index (χ1v) is 9.33. The normalized spacial score (nSPS) is 20.0. The van der Waals surface area contributed by atoms with Crippen molar-refractivity contribution in [3.8, 4) is 0 Å². The number of hydrogen-bond acceptors (Lipinski definition) is 5. The number of nitrogens with zero attached hydrogens (tertiary/aromatic N) is 1. The summed E-state index contributed by atoms with van der Waals surface area (Å²) in [5, 5.41) is 0. The SMILES string of the molecule is CC(C)(C)OC(=O)N1[C@H](COCc2ccccc2)C=CCS1(=O)=O. The fourth-order valence-corrected chi connectivity index (χ4v) is 3.57. The van der Waals surface area contributed by atoms with Crippen LogP contribution in [-0.2, 0) is 26.1 Å². The summed E-state index contributed by atoms with van der Waals surface area (Å²) < 4.78 is 36.1. The number of hydrogen-bond donors (Lipinski definition) is 0. The van der Waals surface area contributed by atoms with Gasteiger partial charge in [0.15, 0.2) is 0 Å². The number of benzene rings is 1. The van der Waals surface area contributed by atoms with Gasteiger partial charge < -0.3 is 9.47 Å². The third-order valence-electron chi connectivity index (χ3n) is 3.24. The van der Waals surface area contributed by atoms with Gasteiger partial charge in [-0.15, -0.1) is 0 Å². The highest BCUT2D eigenvalue weighted by atomic mass is 32.2. The lowest BCUT2D eigenvalue weighted by Gasteiger charge is -2.33. The van der Waals surface area contributed by atoms with Crippen molar-refractivity contribution in [2.45, 2.75) is 39.0 Å². The average Bonchev–Trinajstić information content (AvgIpc) is 2.45. The van der Waals surface area contributed by atoms with Crippen LogP contribution in [0, 0.1) is 0 Å². The first kappa shape index (κ1) is 18.5. The molecule has 24 heavy (non-hydrogen) atoms. The summed E-state index contributed by atoms with van der Waals surface area (Å²) in [7, 11) is -3.75. The van der Waals surface area contributed by atoms with Crippen LogP contribution in [0.2, 0.25) is 0 Å². The molecule has 2 rings (SSSR count). The maximum atomic E-state index is 12.3. The van der Waals surface area contributed by atoms with Gasteiger partial charge >= 0.3 is 6.09 Å². The molecule has 0 radical (unpaired) electrons. The van der Waals surface area contributed by atoms with Crippen molar-refractivity contribution in [1.82, 2.24) is 4.31 Å². The van der Waals surface area contributed by atoms with Gasteiger partial charge in [0.1, 0.15) is 5.60 Å². The molecule has 1 aromatic rings. The maximum Gasteiger partial charge on any atom is 0.424 e. The quantitative estimate of drug-likeness (QED) is 0.778. The third kappa shape index (κ3) is 5.07. The van der Waals surface area contributed by atoms with Gasteiger partial charge in [0.05, 0.1) is 25.0 Å². The number of amides is 1. The van der Waals surface area contributed by atoms with Crippen molar-refractivity contribution in [2.24, 2.45) is 0 Å². The van der Waals surface area contributed by atoms with Crippen molar-refractivity contribution >= 4 is 16.1 Å². The molecule has 0 aliphatic carbocycles. The van der Waals surface area contributed by atoms with Crippen LogP contribution < -0.4 is 0 Å².